The van der Waals surface area contributed by atoms with Gasteiger partial charge in [0.05, 0.1) is 0 Å². The summed E-state index contributed by atoms with van der Waals surface area (Å²) in [7, 11) is 0. The van der Waals surface area contributed by atoms with Gasteiger partial charge in [-0.15, -0.1) is 17.9 Å². The molecule has 4 nitrogen and oxygen atoms in total. The maximum absolute atomic E-state index is 4.75. The Bertz CT molecular complexity index is 662. The molecule has 0 unspecified atom stereocenters. The van der Waals surface area contributed by atoms with Gasteiger partial charge in [0.1, 0.15) is 17.0 Å². The molecule has 26 heavy (non-hydrogen) atoms. The molecule has 5 heteroatoms. The lowest BCUT2D eigenvalue weighted by Crippen LogP contribution is -2.08. The van der Waals surface area contributed by atoms with Gasteiger partial charge in [-0.25, -0.2) is 9.97 Å². The van der Waals surface area contributed by atoms with Crippen LogP contribution in [-0.4, -0.2) is 20.2 Å². The number of hydrogen-bond acceptors (Lipinski definition) is 4. The molecule has 2 aromatic rings. The summed E-state index contributed by atoms with van der Waals surface area (Å²) in [5.41, 5.74) is 2.40. The molecule has 2 aromatic heterocycles. The fraction of sp³-hybridized carbons (Fsp3) is 0.476. The lowest BCUT2D eigenvalue weighted by Gasteiger charge is -2.13. The van der Waals surface area contributed by atoms with E-state index in [2.05, 4.69) is 59.2 Å². The Morgan fingerprint density at radius 2 is 1.81 bits per heavy atom. The fourth-order valence-electron chi connectivity index (χ4n) is 2.39. The quantitative estimate of drug-likeness (QED) is 0.477. The second kappa shape index (κ2) is 13.2. The highest BCUT2D eigenvalue weighted by Crippen LogP contribution is 2.55. The number of thiazole rings is 1. The normalized spacial score (nSPS) is 14.2. The van der Waals surface area contributed by atoms with Crippen LogP contribution in [0.15, 0.2) is 48.2 Å². The molecule has 3 rings (SSSR count). The standard InChI is InChI=1S/C14H16N4S.C3H6.2C2H6/c1-3-5-10(4-2)14(6-7-14)13-17-11(8-19-13)12-15-9-16-18-12;1-3-2;2*1-2/h3-5,8-9H,6-7H2,1-2H3,(H,15,16,18);3H,1H2,2H3;2*1-2H3/b5-3-,10-4+;;;. The zero-order chi connectivity index (χ0) is 20.0. The summed E-state index contributed by atoms with van der Waals surface area (Å²) in [6.07, 6.45) is 12.1. The Labute approximate surface area is 163 Å². The van der Waals surface area contributed by atoms with E-state index in [4.69, 9.17) is 4.98 Å². The van der Waals surface area contributed by atoms with Crippen LogP contribution < -0.4 is 0 Å². The molecule has 0 aliphatic heterocycles. The van der Waals surface area contributed by atoms with Crippen LogP contribution in [0, 0.1) is 0 Å². The summed E-state index contributed by atoms with van der Waals surface area (Å²) in [6, 6.07) is 0. The van der Waals surface area contributed by atoms with Crippen molar-refractivity contribution in [2.45, 2.75) is 66.7 Å². The van der Waals surface area contributed by atoms with Crippen LogP contribution in [0.25, 0.3) is 11.5 Å². The van der Waals surface area contributed by atoms with Crippen LogP contribution in [0.3, 0.4) is 0 Å². The summed E-state index contributed by atoms with van der Waals surface area (Å²) in [6.45, 7) is 17.4. The summed E-state index contributed by atoms with van der Waals surface area (Å²) >= 11 is 1.71. The van der Waals surface area contributed by atoms with Gasteiger partial charge in [-0.3, -0.25) is 5.10 Å². The molecule has 2 heterocycles. The smallest absolute Gasteiger partial charge is 0.174 e. The second-order valence-electron chi connectivity index (χ2n) is 5.11. The second-order valence-corrected chi connectivity index (χ2v) is 5.96. The number of allylic oxidation sites excluding steroid dienone is 5. The van der Waals surface area contributed by atoms with Crippen molar-refractivity contribution in [2.75, 3.05) is 0 Å². The van der Waals surface area contributed by atoms with Crippen LogP contribution in [-0.2, 0) is 5.41 Å². The lowest BCUT2D eigenvalue weighted by atomic mass is 9.95. The predicted molar refractivity (Wildman–Crippen MR) is 116 cm³/mol. The summed E-state index contributed by atoms with van der Waals surface area (Å²) in [5.74, 6) is 0.742. The molecule has 1 saturated carbocycles. The first-order valence-corrected chi connectivity index (χ1v) is 10.3. The third-order valence-corrected chi connectivity index (χ3v) is 4.58. The largest absolute Gasteiger partial charge is 0.258 e. The number of hydrogen-bond donors (Lipinski definition) is 1. The van der Waals surface area contributed by atoms with E-state index in [1.54, 1.807) is 17.4 Å². The molecule has 0 bridgehead atoms. The molecule has 144 valence electrons. The molecule has 0 saturated heterocycles. The Kier molecular flexibility index (Phi) is 12.2. The van der Waals surface area contributed by atoms with E-state index in [1.165, 1.54) is 29.7 Å². The first-order valence-electron chi connectivity index (χ1n) is 9.40. The van der Waals surface area contributed by atoms with Gasteiger partial charge in [0.25, 0.3) is 0 Å². The highest BCUT2D eigenvalue weighted by atomic mass is 32.1. The minimum Gasteiger partial charge on any atom is -0.258 e. The van der Waals surface area contributed by atoms with Crippen molar-refractivity contribution in [3.63, 3.8) is 0 Å². The summed E-state index contributed by atoms with van der Waals surface area (Å²) in [4.78, 5) is 8.90. The van der Waals surface area contributed by atoms with Crippen molar-refractivity contribution >= 4 is 11.3 Å². The first-order chi connectivity index (χ1) is 12.7. The molecule has 1 fully saturated rings. The lowest BCUT2D eigenvalue weighted by molar-refractivity contribution is 0.829. The van der Waals surface area contributed by atoms with Crippen LogP contribution in [0.5, 0.6) is 0 Å². The number of H-pyrrole nitrogens is 1. The van der Waals surface area contributed by atoms with Crippen LogP contribution >= 0.6 is 11.3 Å². The van der Waals surface area contributed by atoms with Gasteiger partial charge in [-0.1, -0.05) is 52.0 Å². The van der Waals surface area contributed by atoms with E-state index < -0.39 is 0 Å². The van der Waals surface area contributed by atoms with Crippen molar-refractivity contribution in [3.05, 3.63) is 53.2 Å². The molecular formula is C21H34N4S. The number of nitrogens with zero attached hydrogens (tertiary/aromatic N) is 3. The number of nitrogens with one attached hydrogen (secondary N) is 1. The van der Waals surface area contributed by atoms with E-state index in [-0.39, 0.29) is 5.41 Å². The van der Waals surface area contributed by atoms with Gasteiger partial charge < -0.3 is 0 Å². The summed E-state index contributed by atoms with van der Waals surface area (Å²) in [5, 5.41) is 9.97. The molecule has 1 aliphatic rings. The molecule has 0 aromatic carbocycles. The Morgan fingerprint density at radius 3 is 2.23 bits per heavy atom. The number of rotatable bonds is 4. The average Bonchev–Trinajstić information content (AvgIpc) is 3.08. The zero-order valence-electron chi connectivity index (χ0n) is 17.3. The number of aromatic amines is 1. The van der Waals surface area contributed by atoms with Gasteiger partial charge >= 0.3 is 0 Å². The van der Waals surface area contributed by atoms with Gasteiger partial charge in [-0.2, -0.15) is 5.10 Å². The van der Waals surface area contributed by atoms with Crippen molar-refractivity contribution < 1.29 is 0 Å². The van der Waals surface area contributed by atoms with Gasteiger partial charge in [0.2, 0.25) is 0 Å². The third-order valence-electron chi connectivity index (χ3n) is 3.53. The van der Waals surface area contributed by atoms with E-state index in [0.717, 1.165) is 11.5 Å². The SMILES string of the molecule is C/C=C\C(=C/C)C1(c2nc(-c3ncn[nH]3)cs2)CC1.C=CC.CC.CC. The Morgan fingerprint density at radius 1 is 1.19 bits per heavy atom. The van der Waals surface area contributed by atoms with Crippen LogP contribution in [0.2, 0.25) is 0 Å². The molecule has 0 amide bonds. The van der Waals surface area contributed by atoms with E-state index in [9.17, 15) is 0 Å². The maximum Gasteiger partial charge on any atom is 0.174 e. The molecule has 0 spiro atoms. The fourth-order valence-corrected chi connectivity index (χ4v) is 3.48. The van der Waals surface area contributed by atoms with Gasteiger partial charge in [-0.05, 0) is 39.2 Å². The minimum absolute atomic E-state index is 0.143. The van der Waals surface area contributed by atoms with Gasteiger partial charge in [0.15, 0.2) is 5.82 Å². The van der Waals surface area contributed by atoms with E-state index in [1.807, 2.05) is 34.6 Å². The zero-order valence-corrected chi connectivity index (χ0v) is 18.2. The van der Waals surface area contributed by atoms with Crippen molar-refractivity contribution in [1.29, 1.82) is 0 Å². The minimum atomic E-state index is 0.143. The summed E-state index contributed by atoms with van der Waals surface area (Å²) < 4.78 is 0. The van der Waals surface area contributed by atoms with Crippen LogP contribution in [0.4, 0.5) is 0 Å². The van der Waals surface area contributed by atoms with E-state index in [0.29, 0.717) is 0 Å². The molecule has 1 N–H and O–H groups in total. The predicted octanol–water partition coefficient (Wildman–Crippen LogP) is 6.73. The highest BCUT2D eigenvalue weighted by Gasteiger charge is 2.48. The molecule has 0 radical (unpaired) electrons. The van der Waals surface area contributed by atoms with E-state index >= 15 is 0 Å². The highest BCUT2D eigenvalue weighted by molar-refractivity contribution is 7.10. The first kappa shape index (κ1) is 24.0. The van der Waals surface area contributed by atoms with Gasteiger partial charge in [0, 0.05) is 10.8 Å². The number of aromatic nitrogens is 4. The Balaban J connectivity index is 0.000000793. The topological polar surface area (TPSA) is 54.5 Å². The monoisotopic (exact) mass is 374 g/mol. The maximum atomic E-state index is 4.75. The van der Waals surface area contributed by atoms with Crippen molar-refractivity contribution in [2.24, 2.45) is 0 Å². The van der Waals surface area contributed by atoms with Crippen molar-refractivity contribution in [3.8, 4) is 11.5 Å². The average molecular weight is 375 g/mol. The third kappa shape index (κ3) is 6.06. The molecular weight excluding hydrogens is 340 g/mol. The van der Waals surface area contributed by atoms with Crippen LogP contribution in [0.1, 0.15) is 66.3 Å². The molecule has 0 atom stereocenters. The Hall–Kier alpha value is -2.01. The van der Waals surface area contributed by atoms with Crippen molar-refractivity contribution in [1.82, 2.24) is 20.2 Å². The molecule has 1 aliphatic carbocycles.